The molecule has 2 rings (SSSR count). The van der Waals surface area contributed by atoms with Gasteiger partial charge in [0.2, 0.25) is 5.91 Å². The fourth-order valence-electron chi connectivity index (χ4n) is 3.21. The van der Waals surface area contributed by atoms with Gasteiger partial charge in [0.1, 0.15) is 17.7 Å². The number of terminal acetylenes is 1. The standard InChI is InChI=1S/C16H22N5O3Si/c1-5-11-13(14(17)23)15(18-3)21(19-11)16(25)7-10(8-24-4)20(9-16)12(22)6-2/h1,6,10,14,18,23H,2,7-9,17H2,3-4H3/q-1/t10-,14?,16-/m1/s1. The maximum absolute atomic E-state index is 12.2. The summed E-state index contributed by atoms with van der Waals surface area (Å²) in [7, 11) is 7.03. The number of carbonyl (C=O) groups excluding carboxylic acids is 1. The average molecular weight is 360 g/mol. The monoisotopic (exact) mass is 360 g/mol. The van der Waals surface area contributed by atoms with Gasteiger partial charge < -0.3 is 36.0 Å². The summed E-state index contributed by atoms with van der Waals surface area (Å²) in [5.41, 5.74) is 6.22. The summed E-state index contributed by atoms with van der Waals surface area (Å²) in [6.45, 7) is 4.24. The third kappa shape index (κ3) is 3.34. The van der Waals surface area contributed by atoms with Crippen molar-refractivity contribution in [3.8, 4) is 12.3 Å². The van der Waals surface area contributed by atoms with Gasteiger partial charge in [-0.3, -0.25) is 9.48 Å². The SMILES string of the molecule is C#Cc1nn([C@@]2([Si-])C[C@H](COC)N(C(=O)C=C)C2)c(NC)c1C(N)O. The molecule has 1 unspecified atom stereocenters. The van der Waals surface area contributed by atoms with Gasteiger partial charge in [-0.2, -0.15) is 5.10 Å². The minimum Gasteiger partial charge on any atom is -0.630 e. The van der Waals surface area contributed by atoms with Gasteiger partial charge in [0.25, 0.3) is 0 Å². The summed E-state index contributed by atoms with van der Waals surface area (Å²) < 4.78 is 6.87. The third-order valence-corrected chi connectivity index (χ3v) is 4.83. The Bertz CT molecular complexity index is 711. The van der Waals surface area contributed by atoms with Gasteiger partial charge >= 0.3 is 0 Å². The second-order valence-corrected chi connectivity index (χ2v) is 6.81. The first-order valence-electron chi connectivity index (χ1n) is 7.71. The molecule has 0 bridgehead atoms. The number of nitrogens with zero attached hydrogens (tertiary/aromatic N) is 3. The highest BCUT2D eigenvalue weighted by Crippen LogP contribution is 2.36. The zero-order chi connectivity index (χ0) is 18.8. The molecular weight excluding hydrogens is 338 g/mol. The molecule has 0 aromatic carbocycles. The van der Waals surface area contributed by atoms with Crippen molar-refractivity contribution < 1.29 is 14.6 Å². The van der Waals surface area contributed by atoms with Gasteiger partial charge in [0, 0.05) is 20.7 Å². The van der Waals surface area contributed by atoms with Crippen LogP contribution >= 0.6 is 0 Å². The number of aliphatic hydroxyl groups is 1. The molecule has 0 saturated carbocycles. The lowest BCUT2D eigenvalue weighted by Gasteiger charge is -2.40. The molecule has 8 nitrogen and oxygen atoms in total. The molecule has 1 fully saturated rings. The number of hydrogen-bond acceptors (Lipinski definition) is 6. The van der Waals surface area contributed by atoms with Crippen molar-refractivity contribution in [2.24, 2.45) is 5.73 Å². The Morgan fingerprint density at radius 2 is 2.48 bits per heavy atom. The third-order valence-electron chi connectivity index (χ3n) is 4.26. The van der Waals surface area contributed by atoms with Gasteiger partial charge in [-0.15, -0.1) is 11.6 Å². The van der Waals surface area contributed by atoms with Crippen molar-refractivity contribution in [1.29, 1.82) is 0 Å². The molecule has 3 atom stereocenters. The predicted octanol–water partition coefficient (Wildman–Crippen LogP) is -0.890. The number of anilines is 1. The molecule has 1 aromatic heterocycles. The van der Waals surface area contributed by atoms with Crippen LogP contribution in [-0.2, 0) is 14.7 Å². The number of nitrogens with two attached hydrogens (primary N) is 1. The van der Waals surface area contributed by atoms with Crippen LogP contribution < -0.4 is 11.1 Å². The topological polar surface area (TPSA) is 106 Å². The Labute approximate surface area is 150 Å². The first kappa shape index (κ1) is 19.2. The number of likely N-dealkylation sites (tertiary alicyclic amines) is 1. The molecule has 134 valence electrons. The Morgan fingerprint density at radius 1 is 1.80 bits per heavy atom. The number of carbonyl (C=O) groups is 1. The molecule has 1 amide bonds. The van der Waals surface area contributed by atoms with Crippen LogP contribution in [0, 0.1) is 12.3 Å². The Kier molecular flexibility index (Phi) is 5.69. The first-order chi connectivity index (χ1) is 11.8. The minimum atomic E-state index is -1.28. The smallest absolute Gasteiger partial charge is 0.246 e. The summed E-state index contributed by atoms with van der Waals surface area (Å²) in [6.07, 6.45) is 6.02. The number of rotatable bonds is 6. The van der Waals surface area contributed by atoms with Gasteiger partial charge in [0.05, 0.1) is 18.2 Å². The molecular formula is C16H22N5O3Si-. The van der Waals surface area contributed by atoms with Gasteiger partial charge in [-0.25, -0.2) is 0 Å². The highest BCUT2D eigenvalue weighted by molar-refractivity contribution is 6.14. The second kappa shape index (κ2) is 7.41. The van der Waals surface area contributed by atoms with E-state index in [1.807, 2.05) is 0 Å². The second-order valence-electron chi connectivity index (χ2n) is 5.88. The number of aromatic nitrogens is 2. The minimum absolute atomic E-state index is 0.164. The molecule has 25 heavy (non-hydrogen) atoms. The van der Waals surface area contributed by atoms with Crippen LogP contribution in [0.3, 0.4) is 0 Å². The summed E-state index contributed by atoms with van der Waals surface area (Å²) in [5.74, 6) is 2.73. The van der Waals surface area contributed by atoms with E-state index < -0.39 is 11.4 Å². The van der Waals surface area contributed by atoms with E-state index in [0.29, 0.717) is 31.0 Å². The first-order valence-corrected chi connectivity index (χ1v) is 8.21. The van der Waals surface area contributed by atoms with Crippen LogP contribution in [0.4, 0.5) is 5.82 Å². The summed E-state index contributed by atoms with van der Waals surface area (Å²) in [5, 5.41) is 16.5. The fraction of sp³-hybridized carbons (Fsp3) is 0.500. The quantitative estimate of drug-likeness (QED) is 0.263. The zero-order valence-electron chi connectivity index (χ0n) is 14.3. The van der Waals surface area contributed by atoms with Crippen LogP contribution in [0.25, 0.3) is 0 Å². The van der Waals surface area contributed by atoms with Gasteiger partial charge in [-0.1, -0.05) is 6.58 Å². The van der Waals surface area contributed by atoms with E-state index in [-0.39, 0.29) is 17.6 Å². The lowest BCUT2D eigenvalue weighted by Crippen LogP contribution is -2.41. The molecule has 0 aliphatic carbocycles. The molecule has 1 aromatic rings. The van der Waals surface area contributed by atoms with E-state index in [4.69, 9.17) is 16.9 Å². The zero-order valence-corrected chi connectivity index (χ0v) is 15.3. The van der Waals surface area contributed by atoms with Crippen molar-refractivity contribution >= 4 is 22.0 Å². The summed E-state index contributed by atoms with van der Waals surface area (Å²) in [4.78, 5) is 13.9. The number of aliphatic hydroxyl groups excluding tert-OH is 1. The van der Waals surface area contributed by atoms with Crippen LogP contribution in [-0.4, -0.2) is 69.3 Å². The lowest BCUT2D eigenvalue weighted by molar-refractivity contribution is -0.127. The molecule has 9 heteroatoms. The molecule has 2 heterocycles. The van der Waals surface area contributed by atoms with Crippen LogP contribution in [0.15, 0.2) is 12.7 Å². The van der Waals surface area contributed by atoms with E-state index in [9.17, 15) is 9.90 Å². The largest absolute Gasteiger partial charge is 0.630 e. The van der Waals surface area contributed by atoms with E-state index >= 15 is 0 Å². The van der Waals surface area contributed by atoms with Crippen molar-refractivity contribution in [2.45, 2.75) is 23.9 Å². The Balaban J connectivity index is 2.52. The van der Waals surface area contributed by atoms with Crippen molar-refractivity contribution in [3.05, 3.63) is 23.9 Å². The van der Waals surface area contributed by atoms with E-state index in [1.165, 1.54) is 6.08 Å². The number of methoxy groups -OCH3 is 1. The van der Waals surface area contributed by atoms with Gasteiger partial charge in [-0.05, 0) is 18.4 Å². The molecule has 4 N–H and O–H groups in total. The van der Waals surface area contributed by atoms with Crippen LogP contribution in [0.5, 0.6) is 0 Å². The number of amides is 1. The molecule has 1 aliphatic rings. The van der Waals surface area contributed by atoms with E-state index in [2.05, 4.69) is 33.2 Å². The van der Waals surface area contributed by atoms with Crippen molar-refractivity contribution in [2.75, 3.05) is 32.6 Å². The predicted molar refractivity (Wildman–Crippen MR) is 94.8 cm³/mol. The van der Waals surface area contributed by atoms with Crippen molar-refractivity contribution in [3.63, 3.8) is 0 Å². The Hall–Kier alpha value is -2.12. The average Bonchev–Trinajstić information content (AvgIpc) is 3.13. The maximum atomic E-state index is 12.2. The summed E-state index contributed by atoms with van der Waals surface area (Å²) >= 11 is 0. The van der Waals surface area contributed by atoms with E-state index in [0.717, 1.165) is 0 Å². The van der Waals surface area contributed by atoms with E-state index in [1.54, 1.807) is 23.7 Å². The molecule has 0 spiro atoms. The molecule has 1 saturated heterocycles. The Morgan fingerprint density at radius 3 is 2.96 bits per heavy atom. The fourth-order valence-corrected chi connectivity index (χ4v) is 3.78. The number of ether oxygens (including phenoxy) is 1. The molecule has 2 radical (unpaired) electrons. The number of nitrogens with one attached hydrogen (secondary N) is 1. The summed E-state index contributed by atoms with van der Waals surface area (Å²) in [6, 6.07) is -0.164. The lowest BCUT2D eigenvalue weighted by atomic mass is 10.1. The number of hydrogen-bond donors (Lipinski definition) is 3. The maximum Gasteiger partial charge on any atom is 0.246 e. The van der Waals surface area contributed by atoms with Crippen LogP contribution in [0.1, 0.15) is 23.9 Å². The highest BCUT2D eigenvalue weighted by atomic mass is 28.1. The van der Waals surface area contributed by atoms with Crippen LogP contribution in [0.2, 0.25) is 0 Å². The van der Waals surface area contributed by atoms with Gasteiger partial charge in [0.15, 0.2) is 0 Å². The molecule has 1 aliphatic heterocycles. The normalized spacial score (nSPS) is 24.0. The highest BCUT2D eigenvalue weighted by Gasteiger charge is 2.39. The van der Waals surface area contributed by atoms with Crippen molar-refractivity contribution in [1.82, 2.24) is 14.7 Å².